The first kappa shape index (κ1) is 16.6. The second-order valence-corrected chi connectivity index (χ2v) is 5.61. The zero-order chi connectivity index (χ0) is 16.3. The van der Waals surface area contributed by atoms with Crippen LogP contribution in [0.3, 0.4) is 0 Å². The number of carbonyl (C=O) groups is 2. The van der Waals surface area contributed by atoms with Crippen molar-refractivity contribution in [2.45, 2.75) is 13.0 Å². The molecule has 1 amide bonds. The van der Waals surface area contributed by atoms with E-state index in [2.05, 4.69) is 0 Å². The van der Waals surface area contributed by atoms with Gasteiger partial charge in [-0.2, -0.15) is 0 Å². The Labute approximate surface area is 134 Å². The summed E-state index contributed by atoms with van der Waals surface area (Å²) in [5, 5.41) is 10.1. The first-order valence-electron chi connectivity index (χ1n) is 7.00. The van der Waals surface area contributed by atoms with Crippen LogP contribution >= 0.6 is 11.6 Å². The van der Waals surface area contributed by atoms with Crippen LogP contribution in [0.2, 0.25) is 5.02 Å². The third-order valence-corrected chi connectivity index (χ3v) is 4.08. The van der Waals surface area contributed by atoms with Crippen LogP contribution in [0.5, 0.6) is 5.75 Å². The van der Waals surface area contributed by atoms with E-state index in [-0.39, 0.29) is 5.91 Å². The highest BCUT2D eigenvalue weighted by molar-refractivity contribution is 6.30. The Kier molecular flexibility index (Phi) is 5.26. The molecular formula is C15H19ClN2O4. The summed E-state index contributed by atoms with van der Waals surface area (Å²) in [6, 6.07) is 4.11. The number of piperazine rings is 1. The van der Waals surface area contributed by atoms with Crippen molar-refractivity contribution in [2.24, 2.45) is 0 Å². The number of ether oxygens (including phenoxy) is 1. The van der Waals surface area contributed by atoms with Crippen LogP contribution in [0.25, 0.3) is 0 Å². The summed E-state index contributed by atoms with van der Waals surface area (Å²) in [6.45, 7) is 3.53. The first-order chi connectivity index (χ1) is 10.4. The first-order valence-corrected chi connectivity index (χ1v) is 7.37. The highest BCUT2D eigenvalue weighted by atomic mass is 35.5. The minimum Gasteiger partial charge on any atom is -0.496 e. The van der Waals surface area contributed by atoms with E-state index in [4.69, 9.17) is 16.3 Å². The molecule has 1 aliphatic rings. The molecule has 1 saturated heterocycles. The summed E-state index contributed by atoms with van der Waals surface area (Å²) in [7, 11) is 1.50. The van der Waals surface area contributed by atoms with E-state index >= 15 is 0 Å². The van der Waals surface area contributed by atoms with Crippen molar-refractivity contribution in [1.82, 2.24) is 9.80 Å². The Bertz CT molecular complexity index is 571. The number of hydrogen-bond acceptors (Lipinski definition) is 4. The van der Waals surface area contributed by atoms with Crippen molar-refractivity contribution < 1.29 is 19.4 Å². The molecule has 1 heterocycles. The van der Waals surface area contributed by atoms with Gasteiger partial charge in [-0.05, 0) is 18.2 Å². The van der Waals surface area contributed by atoms with Gasteiger partial charge in [-0.1, -0.05) is 11.6 Å². The summed E-state index contributed by atoms with van der Waals surface area (Å²) >= 11 is 6.01. The third kappa shape index (κ3) is 3.51. The van der Waals surface area contributed by atoms with Gasteiger partial charge in [-0.3, -0.25) is 14.5 Å². The lowest BCUT2D eigenvalue weighted by Gasteiger charge is -2.37. The number of halogens is 1. The number of nitrogens with zero attached hydrogens (tertiary/aromatic N) is 2. The number of aliphatic carboxylic acids is 1. The van der Waals surface area contributed by atoms with Crippen LogP contribution in [-0.2, 0) is 9.59 Å². The number of carbonyl (C=O) groups excluding carboxylic acids is 1. The molecule has 1 aliphatic heterocycles. The fraction of sp³-hybridized carbons (Fsp3) is 0.467. The van der Waals surface area contributed by atoms with Crippen LogP contribution in [0.4, 0.5) is 0 Å². The number of rotatable bonds is 4. The summed E-state index contributed by atoms with van der Waals surface area (Å²) in [6.07, 6.45) is 0. The smallest absolute Gasteiger partial charge is 0.325 e. The monoisotopic (exact) mass is 326 g/mol. The second kappa shape index (κ2) is 6.98. The molecule has 0 spiro atoms. The van der Waals surface area contributed by atoms with Gasteiger partial charge in [-0.15, -0.1) is 0 Å². The highest BCUT2D eigenvalue weighted by Gasteiger charge is 2.33. The van der Waals surface area contributed by atoms with Crippen LogP contribution in [0.15, 0.2) is 18.2 Å². The fourth-order valence-electron chi connectivity index (χ4n) is 2.70. The Morgan fingerprint density at radius 3 is 2.41 bits per heavy atom. The zero-order valence-corrected chi connectivity index (χ0v) is 13.3. The molecule has 1 N–H and O–H groups in total. The van der Waals surface area contributed by atoms with Crippen LogP contribution in [0.1, 0.15) is 18.5 Å². The predicted octanol–water partition coefficient (Wildman–Crippen LogP) is 1.64. The zero-order valence-electron chi connectivity index (χ0n) is 12.6. The van der Waals surface area contributed by atoms with Crippen molar-refractivity contribution in [2.75, 3.05) is 33.3 Å². The number of hydrogen-bond donors (Lipinski definition) is 1. The van der Waals surface area contributed by atoms with Gasteiger partial charge in [-0.25, -0.2) is 0 Å². The molecule has 1 fully saturated rings. The average molecular weight is 327 g/mol. The summed E-state index contributed by atoms with van der Waals surface area (Å²) in [5.74, 6) is -0.463. The molecule has 2 rings (SSSR count). The molecule has 1 aromatic carbocycles. The number of benzene rings is 1. The van der Waals surface area contributed by atoms with E-state index in [9.17, 15) is 14.7 Å². The van der Waals surface area contributed by atoms with E-state index in [1.165, 1.54) is 14.0 Å². The second-order valence-electron chi connectivity index (χ2n) is 5.17. The molecule has 120 valence electrons. The van der Waals surface area contributed by atoms with Gasteiger partial charge in [0.25, 0.3) is 0 Å². The van der Waals surface area contributed by atoms with Crippen molar-refractivity contribution in [1.29, 1.82) is 0 Å². The molecular weight excluding hydrogens is 308 g/mol. The molecule has 0 aromatic heterocycles. The van der Waals surface area contributed by atoms with Crippen molar-refractivity contribution >= 4 is 23.5 Å². The van der Waals surface area contributed by atoms with Gasteiger partial charge in [0.15, 0.2) is 0 Å². The van der Waals surface area contributed by atoms with Crippen molar-refractivity contribution in [3.05, 3.63) is 28.8 Å². The lowest BCUT2D eigenvalue weighted by atomic mass is 10.0. The van der Waals surface area contributed by atoms with E-state index in [1.807, 2.05) is 4.90 Å². The molecule has 1 unspecified atom stereocenters. The maximum atomic E-state index is 11.8. The maximum Gasteiger partial charge on any atom is 0.325 e. The van der Waals surface area contributed by atoms with Gasteiger partial charge >= 0.3 is 5.97 Å². The summed E-state index contributed by atoms with van der Waals surface area (Å²) in [4.78, 5) is 26.7. The molecule has 6 nitrogen and oxygen atoms in total. The average Bonchev–Trinajstić information content (AvgIpc) is 2.48. The van der Waals surface area contributed by atoms with Crippen LogP contribution in [0, 0.1) is 0 Å². The lowest BCUT2D eigenvalue weighted by molar-refractivity contribution is -0.145. The molecule has 7 heteroatoms. The quantitative estimate of drug-likeness (QED) is 0.911. The van der Waals surface area contributed by atoms with Gasteiger partial charge < -0.3 is 14.7 Å². The van der Waals surface area contributed by atoms with Crippen LogP contribution in [-0.4, -0.2) is 60.1 Å². The normalized spacial score (nSPS) is 17.1. The number of amides is 1. The van der Waals surface area contributed by atoms with E-state index in [0.29, 0.717) is 42.5 Å². The van der Waals surface area contributed by atoms with Crippen molar-refractivity contribution in [3.8, 4) is 5.75 Å². The Morgan fingerprint density at radius 1 is 1.27 bits per heavy atom. The molecule has 1 aromatic rings. The minimum atomic E-state index is -0.961. The molecule has 0 radical (unpaired) electrons. The van der Waals surface area contributed by atoms with Crippen molar-refractivity contribution in [3.63, 3.8) is 0 Å². The molecule has 0 saturated carbocycles. The third-order valence-electron chi connectivity index (χ3n) is 3.84. The molecule has 22 heavy (non-hydrogen) atoms. The van der Waals surface area contributed by atoms with Gasteiger partial charge in [0.2, 0.25) is 5.91 Å². The maximum absolute atomic E-state index is 11.8. The Morgan fingerprint density at radius 2 is 1.91 bits per heavy atom. The number of carboxylic acid groups (broad SMARTS) is 1. The SMILES string of the molecule is COc1ccc(Cl)cc1C(C(=O)O)N1CCN(C(C)=O)CC1. The number of methoxy groups -OCH3 is 1. The van der Waals surface area contributed by atoms with E-state index in [0.717, 1.165) is 0 Å². The van der Waals surface area contributed by atoms with Crippen LogP contribution < -0.4 is 4.74 Å². The van der Waals surface area contributed by atoms with E-state index in [1.54, 1.807) is 23.1 Å². The predicted molar refractivity (Wildman–Crippen MR) is 82.2 cm³/mol. The standard InChI is InChI=1S/C15H19ClN2O4/c1-10(19)17-5-7-18(8-6-17)14(15(20)21)12-9-11(16)3-4-13(12)22-2/h3-4,9,14H,5-8H2,1-2H3,(H,20,21). The Balaban J connectivity index is 2.27. The molecule has 0 bridgehead atoms. The van der Waals surface area contributed by atoms with Gasteiger partial charge in [0, 0.05) is 43.7 Å². The minimum absolute atomic E-state index is 0.00635. The van der Waals surface area contributed by atoms with Gasteiger partial charge in [0.05, 0.1) is 7.11 Å². The lowest BCUT2D eigenvalue weighted by Crippen LogP contribution is -2.50. The van der Waals surface area contributed by atoms with E-state index < -0.39 is 12.0 Å². The molecule has 1 atom stereocenters. The summed E-state index contributed by atoms with van der Waals surface area (Å²) in [5.41, 5.74) is 0.527. The topological polar surface area (TPSA) is 70.1 Å². The number of carboxylic acids is 1. The Hall–Kier alpha value is -1.79. The largest absolute Gasteiger partial charge is 0.496 e. The fourth-order valence-corrected chi connectivity index (χ4v) is 2.88. The highest BCUT2D eigenvalue weighted by Crippen LogP contribution is 2.32. The summed E-state index contributed by atoms with van der Waals surface area (Å²) < 4.78 is 5.27. The van der Waals surface area contributed by atoms with Gasteiger partial charge in [0.1, 0.15) is 11.8 Å². The molecule has 0 aliphatic carbocycles.